The summed E-state index contributed by atoms with van der Waals surface area (Å²) in [6, 6.07) is 25.0. The Morgan fingerprint density at radius 3 is 1.21 bits per heavy atom. The third-order valence-corrected chi connectivity index (χ3v) is 9.66. The minimum absolute atomic E-state index is 0.388. The fourth-order valence-corrected chi connectivity index (χ4v) is 6.49. The summed E-state index contributed by atoms with van der Waals surface area (Å²) >= 11 is 0. The Morgan fingerprint density at radius 1 is 0.491 bits per heavy atom. The van der Waals surface area contributed by atoms with Crippen molar-refractivity contribution in [1.29, 1.82) is 0 Å². The number of fused-ring (bicyclic) bond motifs is 3. The van der Waals surface area contributed by atoms with Gasteiger partial charge in [-0.1, -0.05) is 39.1 Å². The molecule has 0 amide bonds. The molecule has 0 unspecified atom stereocenters. The van der Waals surface area contributed by atoms with Gasteiger partial charge in [-0.25, -0.2) is 19.2 Å². The topological polar surface area (TPSA) is 124 Å². The minimum atomic E-state index is -0.474. The summed E-state index contributed by atoms with van der Waals surface area (Å²) < 4.78 is 33.2. The zero-order valence-corrected chi connectivity index (χ0v) is 32.7. The molecular weight excluding hydrogens is 725 g/mol. The van der Waals surface area contributed by atoms with E-state index < -0.39 is 29.3 Å². The van der Waals surface area contributed by atoms with Crippen LogP contribution in [0.5, 0.6) is 23.0 Å². The molecule has 5 rings (SSSR count). The van der Waals surface area contributed by atoms with E-state index in [4.69, 9.17) is 28.4 Å². The number of carbonyl (C=O) groups is 4. The molecule has 1 aliphatic carbocycles. The van der Waals surface area contributed by atoms with Crippen LogP contribution < -0.4 is 18.9 Å². The van der Waals surface area contributed by atoms with E-state index in [1.165, 1.54) is 0 Å². The second kappa shape index (κ2) is 20.7. The van der Waals surface area contributed by atoms with E-state index in [9.17, 15) is 19.2 Å². The van der Waals surface area contributed by atoms with E-state index in [-0.39, 0.29) is 0 Å². The first-order chi connectivity index (χ1) is 27.6. The Morgan fingerprint density at radius 2 is 0.842 bits per heavy atom. The first-order valence-electron chi connectivity index (χ1n) is 19.4. The molecule has 1 aliphatic rings. The lowest BCUT2D eigenvalue weighted by Crippen LogP contribution is -2.16. The highest BCUT2D eigenvalue weighted by Gasteiger charge is 2.36. The predicted octanol–water partition coefficient (Wildman–Crippen LogP) is 9.77. The van der Waals surface area contributed by atoms with Crippen LogP contribution in [0.25, 0.3) is 11.1 Å². The number of ether oxygens (including phenoxy) is 6. The Bertz CT molecular complexity index is 1880. The van der Waals surface area contributed by atoms with Crippen molar-refractivity contribution in [1.82, 2.24) is 0 Å². The lowest BCUT2D eigenvalue weighted by Gasteiger charge is -2.22. The van der Waals surface area contributed by atoms with Crippen LogP contribution in [0, 0.1) is 0 Å². The standard InChI is InChI=1S/C47H50O10/c1-5-43(48)54-29-13-9-7-11-27-52-35-19-15-33(16-20-35)45(50)56-37-23-25-39-40-26-24-38(32-42(40)47(3,4)41(39)31-37)57-46(51)34-17-21-36(22-18-34)53-28-12-8-10-14-30-55-44(49)6-2/h5-6,15-26,31-32H,1-2,7-14,27-30H2,3-4H3. The number of rotatable bonds is 22. The van der Waals surface area contributed by atoms with Crippen LogP contribution in [-0.4, -0.2) is 50.3 Å². The average Bonchev–Trinajstić information content (AvgIpc) is 3.44. The number of unbranched alkanes of at least 4 members (excludes halogenated alkanes) is 6. The van der Waals surface area contributed by atoms with E-state index >= 15 is 0 Å². The van der Waals surface area contributed by atoms with Crippen LogP contribution >= 0.6 is 0 Å². The Kier molecular flexibility index (Phi) is 15.2. The van der Waals surface area contributed by atoms with Gasteiger partial charge in [0.05, 0.1) is 37.6 Å². The van der Waals surface area contributed by atoms with Crippen molar-refractivity contribution in [2.75, 3.05) is 26.4 Å². The van der Waals surface area contributed by atoms with Gasteiger partial charge in [0, 0.05) is 17.6 Å². The van der Waals surface area contributed by atoms with Crippen molar-refractivity contribution < 1.29 is 47.6 Å². The molecule has 10 heteroatoms. The number of esters is 4. The van der Waals surface area contributed by atoms with Gasteiger partial charge in [-0.15, -0.1) is 0 Å². The first kappa shape index (κ1) is 42.0. The van der Waals surface area contributed by atoms with Gasteiger partial charge in [-0.3, -0.25) is 0 Å². The van der Waals surface area contributed by atoms with E-state index in [0.29, 0.717) is 60.6 Å². The summed E-state index contributed by atoms with van der Waals surface area (Å²) in [5.74, 6) is 0.444. The molecule has 0 heterocycles. The molecule has 0 saturated heterocycles. The summed E-state index contributed by atoms with van der Waals surface area (Å²) in [7, 11) is 0. The van der Waals surface area contributed by atoms with Crippen LogP contribution in [0.15, 0.2) is 110 Å². The van der Waals surface area contributed by atoms with Gasteiger partial charge < -0.3 is 28.4 Å². The van der Waals surface area contributed by atoms with Crippen molar-refractivity contribution in [2.24, 2.45) is 0 Å². The minimum Gasteiger partial charge on any atom is -0.494 e. The number of carbonyl (C=O) groups excluding carboxylic acids is 4. The zero-order valence-electron chi connectivity index (χ0n) is 32.7. The third-order valence-electron chi connectivity index (χ3n) is 9.66. The molecule has 298 valence electrons. The molecule has 0 atom stereocenters. The summed E-state index contributed by atoms with van der Waals surface area (Å²) in [4.78, 5) is 48.3. The van der Waals surface area contributed by atoms with E-state index in [1.807, 2.05) is 24.3 Å². The molecule has 0 saturated carbocycles. The SMILES string of the molecule is C=CC(=O)OCCCCCCOc1ccc(C(=O)Oc2ccc3c(c2)C(C)(C)c2cc(OC(=O)c4ccc(OCCCCCCOC(=O)C=C)cc4)ccc2-3)cc1. The van der Waals surface area contributed by atoms with Crippen molar-refractivity contribution >= 4 is 23.9 Å². The highest BCUT2D eigenvalue weighted by molar-refractivity contribution is 5.92. The highest BCUT2D eigenvalue weighted by Crippen LogP contribution is 2.50. The van der Waals surface area contributed by atoms with Crippen LogP contribution in [0.3, 0.4) is 0 Å². The Hall–Kier alpha value is -6.16. The van der Waals surface area contributed by atoms with Crippen molar-refractivity contribution in [3.05, 3.63) is 132 Å². The molecule has 4 aromatic carbocycles. The summed E-state index contributed by atoms with van der Waals surface area (Å²) in [6.07, 6.45) is 9.38. The Labute approximate surface area is 334 Å². The molecule has 10 nitrogen and oxygen atoms in total. The second-order valence-corrected chi connectivity index (χ2v) is 14.1. The lowest BCUT2D eigenvalue weighted by molar-refractivity contribution is -0.138. The Balaban J connectivity index is 1.08. The maximum atomic E-state index is 13.1. The maximum Gasteiger partial charge on any atom is 0.343 e. The second-order valence-electron chi connectivity index (χ2n) is 14.1. The summed E-state index contributed by atoms with van der Waals surface area (Å²) in [5, 5.41) is 0. The molecule has 57 heavy (non-hydrogen) atoms. The van der Waals surface area contributed by atoms with Crippen LogP contribution in [0.1, 0.15) is 97.1 Å². The van der Waals surface area contributed by atoms with Gasteiger partial charge in [0.15, 0.2) is 0 Å². The monoisotopic (exact) mass is 774 g/mol. The van der Waals surface area contributed by atoms with Gasteiger partial charge in [0.25, 0.3) is 0 Å². The molecule has 0 bridgehead atoms. The van der Waals surface area contributed by atoms with E-state index in [2.05, 4.69) is 27.0 Å². The van der Waals surface area contributed by atoms with Gasteiger partial charge in [-0.2, -0.15) is 0 Å². The fourth-order valence-electron chi connectivity index (χ4n) is 6.49. The molecule has 4 aromatic rings. The molecular formula is C47H50O10. The van der Waals surface area contributed by atoms with Gasteiger partial charge in [0.1, 0.15) is 23.0 Å². The molecule has 0 fully saturated rings. The van der Waals surface area contributed by atoms with Gasteiger partial charge >= 0.3 is 23.9 Å². The van der Waals surface area contributed by atoms with Crippen LogP contribution in [0.2, 0.25) is 0 Å². The smallest absolute Gasteiger partial charge is 0.343 e. The molecule has 0 aliphatic heterocycles. The normalized spacial score (nSPS) is 12.0. The molecule has 0 radical (unpaired) electrons. The predicted molar refractivity (Wildman–Crippen MR) is 217 cm³/mol. The highest BCUT2D eigenvalue weighted by atomic mass is 16.5. The average molecular weight is 775 g/mol. The first-order valence-corrected chi connectivity index (χ1v) is 19.4. The van der Waals surface area contributed by atoms with E-state index in [1.54, 1.807) is 60.7 Å². The van der Waals surface area contributed by atoms with Crippen LogP contribution in [0.4, 0.5) is 0 Å². The summed E-state index contributed by atoms with van der Waals surface area (Å²) in [5.41, 5.74) is 4.40. The number of benzene rings is 4. The zero-order chi connectivity index (χ0) is 40.6. The largest absolute Gasteiger partial charge is 0.494 e. The third kappa shape index (κ3) is 11.9. The van der Waals surface area contributed by atoms with Crippen molar-refractivity contribution in [3.63, 3.8) is 0 Å². The number of hydrogen-bond acceptors (Lipinski definition) is 10. The number of hydrogen-bond donors (Lipinski definition) is 0. The lowest BCUT2D eigenvalue weighted by atomic mass is 9.82. The van der Waals surface area contributed by atoms with Crippen molar-refractivity contribution in [2.45, 2.75) is 70.6 Å². The molecule has 0 spiro atoms. The van der Waals surface area contributed by atoms with Crippen molar-refractivity contribution in [3.8, 4) is 34.1 Å². The van der Waals surface area contributed by atoms with Gasteiger partial charge in [-0.05, 0) is 146 Å². The molecule has 0 N–H and O–H groups in total. The van der Waals surface area contributed by atoms with Gasteiger partial charge in [0.2, 0.25) is 0 Å². The quantitative estimate of drug-likeness (QED) is 0.0330. The van der Waals surface area contributed by atoms with E-state index in [0.717, 1.165) is 85.8 Å². The fraction of sp³-hybridized carbons (Fsp3) is 0.319. The molecule has 0 aromatic heterocycles. The summed E-state index contributed by atoms with van der Waals surface area (Å²) in [6.45, 7) is 12.8. The maximum absolute atomic E-state index is 13.1. The van der Waals surface area contributed by atoms with Crippen LogP contribution in [-0.2, 0) is 24.5 Å².